The first-order valence-electron chi connectivity index (χ1n) is 8.95. The molecule has 0 bridgehead atoms. The Morgan fingerprint density at radius 2 is 1.88 bits per heavy atom. The Morgan fingerprint density at radius 1 is 1.15 bits per heavy atom. The summed E-state index contributed by atoms with van der Waals surface area (Å²) in [7, 11) is 0. The molecule has 0 saturated heterocycles. The zero-order valence-electron chi connectivity index (χ0n) is 15.5. The van der Waals surface area contributed by atoms with Gasteiger partial charge in [0.15, 0.2) is 0 Å². The smallest absolute Gasteiger partial charge is 0.207 e. The zero-order chi connectivity index (χ0) is 18.5. The van der Waals surface area contributed by atoms with E-state index in [4.69, 9.17) is 9.72 Å². The molecule has 3 rings (SSSR count). The van der Waals surface area contributed by atoms with Crippen LogP contribution in [0.2, 0.25) is 0 Å². The third-order valence-electron chi connectivity index (χ3n) is 4.57. The number of imidazole rings is 1. The van der Waals surface area contributed by atoms with Crippen LogP contribution in [-0.4, -0.2) is 22.6 Å². The molecule has 136 valence electrons. The summed E-state index contributed by atoms with van der Waals surface area (Å²) in [6, 6.07) is 14.1. The summed E-state index contributed by atoms with van der Waals surface area (Å²) in [5.74, 6) is 1.84. The Balaban J connectivity index is 1.73. The number of carbonyl (C=O) groups excluding carboxylic acids is 1. The average Bonchev–Trinajstić information content (AvgIpc) is 3.00. The van der Waals surface area contributed by atoms with Gasteiger partial charge in [-0.1, -0.05) is 30.3 Å². The molecule has 0 aliphatic carbocycles. The summed E-state index contributed by atoms with van der Waals surface area (Å²) in [5, 5.41) is 2.80. The van der Waals surface area contributed by atoms with Gasteiger partial charge in [0.25, 0.3) is 0 Å². The minimum Gasteiger partial charge on any atom is -0.493 e. The Labute approximate surface area is 154 Å². The summed E-state index contributed by atoms with van der Waals surface area (Å²) in [6.07, 6.45) is 1.58. The summed E-state index contributed by atoms with van der Waals surface area (Å²) >= 11 is 0. The highest BCUT2D eigenvalue weighted by Gasteiger charge is 2.15. The van der Waals surface area contributed by atoms with Crippen molar-refractivity contribution in [1.82, 2.24) is 14.9 Å². The van der Waals surface area contributed by atoms with Gasteiger partial charge in [-0.15, -0.1) is 0 Å². The van der Waals surface area contributed by atoms with Crippen molar-refractivity contribution >= 4 is 17.4 Å². The quantitative estimate of drug-likeness (QED) is 0.494. The van der Waals surface area contributed by atoms with Crippen molar-refractivity contribution < 1.29 is 9.53 Å². The molecule has 0 radical (unpaired) electrons. The van der Waals surface area contributed by atoms with Gasteiger partial charge in [0, 0.05) is 6.54 Å². The normalized spacial score (nSPS) is 12.1. The first-order valence-corrected chi connectivity index (χ1v) is 8.95. The van der Waals surface area contributed by atoms with Gasteiger partial charge < -0.3 is 14.6 Å². The first-order chi connectivity index (χ1) is 12.6. The van der Waals surface area contributed by atoms with E-state index >= 15 is 0 Å². The summed E-state index contributed by atoms with van der Waals surface area (Å²) < 4.78 is 8.19. The van der Waals surface area contributed by atoms with Gasteiger partial charge in [-0.25, -0.2) is 4.98 Å². The van der Waals surface area contributed by atoms with Crippen LogP contribution in [0.3, 0.4) is 0 Å². The molecule has 1 amide bonds. The maximum absolute atomic E-state index is 10.8. The minimum absolute atomic E-state index is 0.139. The van der Waals surface area contributed by atoms with Crippen LogP contribution in [0.5, 0.6) is 5.75 Å². The SMILES string of the molecule is Cc1cccc(C)c1OCCCn1c([C@H](C)NC=O)nc2ccccc21. The molecule has 1 heterocycles. The molecule has 0 unspecified atom stereocenters. The van der Waals surface area contributed by atoms with Gasteiger partial charge in [-0.2, -0.15) is 0 Å². The van der Waals surface area contributed by atoms with E-state index < -0.39 is 0 Å². The molecule has 2 aromatic carbocycles. The number of hydrogen-bond acceptors (Lipinski definition) is 3. The van der Waals surface area contributed by atoms with E-state index in [-0.39, 0.29) is 6.04 Å². The number of hydrogen-bond donors (Lipinski definition) is 1. The maximum Gasteiger partial charge on any atom is 0.207 e. The molecule has 26 heavy (non-hydrogen) atoms. The number of ether oxygens (including phenoxy) is 1. The van der Waals surface area contributed by atoms with E-state index in [1.54, 1.807) is 0 Å². The molecule has 3 aromatic rings. The highest BCUT2D eigenvalue weighted by molar-refractivity contribution is 5.76. The topological polar surface area (TPSA) is 56.1 Å². The number of rotatable bonds is 8. The van der Waals surface area contributed by atoms with E-state index in [2.05, 4.69) is 41.9 Å². The minimum atomic E-state index is -0.139. The Kier molecular flexibility index (Phi) is 5.56. The summed E-state index contributed by atoms with van der Waals surface area (Å²) in [4.78, 5) is 15.5. The number of amides is 1. The number of aromatic nitrogens is 2. The van der Waals surface area contributed by atoms with Crippen LogP contribution < -0.4 is 10.1 Å². The lowest BCUT2D eigenvalue weighted by Gasteiger charge is -2.15. The van der Waals surface area contributed by atoms with Gasteiger partial charge in [0.2, 0.25) is 6.41 Å². The van der Waals surface area contributed by atoms with Crippen LogP contribution in [-0.2, 0) is 11.3 Å². The molecule has 1 N–H and O–H groups in total. The highest BCUT2D eigenvalue weighted by Crippen LogP contribution is 2.23. The fourth-order valence-corrected chi connectivity index (χ4v) is 3.26. The van der Waals surface area contributed by atoms with E-state index in [1.165, 1.54) is 0 Å². The van der Waals surface area contributed by atoms with Crippen LogP contribution in [0.1, 0.15) is 36.3 Å². The predicted molar refractivity (Wildman–Crippen MR) is 103 cm³/mol. The second-order valence-corrected chi connectivity index (χ2v) is 6.54. The number of fused-ring (bicyclic) bond motifs is 1. The van der Waals surface area contributed by atoms with Crippen molar-refractivity contribution in [2.24, 2.45) is 0 Å². The standard InChI is InChI=1S/C21H25N3O2/c1-15-8-6-9-16(2)20(15)26-13-7-12-24-19-11-5-4-10-18(19)23-21(24)17(3)22-14-25/h4-6,8-11,14,17H,7,12-13H2,1-3H3,(H,22,25)/t17-/m0/s1. The molecule has 5 nitrogen and oxygen atoms in total. The van der Waals surface area contributed by atoms with Crippen molar-refractivity contribution in [3.8, 4) is 5.75 Å². The molecule has 0 saturated carbocycles. The van der Waals surface area contributed by atoms with Gasteiger partial charge in [-0.05, 0) is 50.5 Å². The number of aryl methyl sites for hydroxylation is 3. The Morgan fingerprint density at radius 3 is 2.62 bits per heavy atom. The maximum atomic E-state index is 10.8. The predicted octanol–water partition coefficient (Wildman–Crippen LogP) is 3.93. The van der Waals surface area contributed by atoms with E-state index in [0.29, 0.717) is 6.61 Å². The van der Waals surface area contributed by atoms with E-state index in [1.807, 2.05) is 31.2 Å². The van der Waals surface area contributed by atoms with Crippen molar-refractivity contribution in [2.75, 3.05) is 6.61 Å². The largest absolute Gasteiger partial charge is 0.493 e. The van der Waals surface area contributed by atoms with Crippen molar-refractivity contribution in [1.29, 1.82) is 0 Å². The molecular weight excluding hydrogens is 326 g/mol. The molecule has 5 heteroatoms. The first kappa shape index (κ1) is 18.0. The van der Waals surface area contributed by atoms with Crippen LogP contribution in [0.25, 0.3) is 11.0 Å². The van der Waals surface area contributed by atoms with Crippen LogP contribution in [0, 0.1) is 13.8 Å². The molecule has 0 spiro atoms. The van der Waals surface area contributed by atoms with E-state index in [0.717, 1.165) is 53.1 Å². The number of carbonyl (C=O) groups is 1. The second-order valence-electron chi connectivity index (χ2n) is 6.54. The van der Waals surface area contributed by atoms with Crippen LogP contribution in [0.15, 0.2) is 42.5 Å². The zero-order valence-corrected chi connectivity index (χ0v) is 15.5. The fourth-order valence-electron chi connectivity index (χ4n) is 3.26. The van der Waals surface area contributed by atoms with Gasteiger partial charge in [0.05, 0.1) is 23.7 Å². The fraction of sp³-hybridized carbons (Fsp3) is 0.333. The van der Waals surface area contributed by atoms with Gasteiger partial charge in [0.1, 0.15) is 11.6 Å². The lowest BCUT2D eigenvalue weighted by molar-refractivity contribution is -0.110. The second kappa shape index (κ2) is 8.04. The summed E-state index contributed by atoms with van der Waals surface area (Å²) in [6.45, 7) is 7.49. The van der Waals surface area contributed by atoms with Crippen LogP contribution in [0.4, 0.5) is 0 Å². The molecular formula is C21H25N3O2. The summed E-state index contributed by atoms with van der Waals surface area (Å²) in [5.41, 5.74) is 4.33. The third kappa shape index (κ3) is 3.72. The molecule has 0 fully saturated rings. The molecule has 0 aliphatic rings. The number of nitrogens with zero attached hydrogens (tertiary/aromatic N) is 2. The number of benzene rings is 2. The monoisotopic (exact) mass is 351 g/mol. The Hall–Kier alpha value is -2.82. The lowest BCUT2D eigenvalue weighted by Crippen LogP contribution is -2.21. The van der Waals surface area contributed by atoms with Gasteiger partial charge >= 0.3 is 0 Å². The highest BCUT2D eigenvalue weighted by atomic mass is 16.5. The molecule has 1 aromatic heterocycles. The lowest BCUT2D eigenvalue weighted by atomic mass is 10.1. The number of nitrogens with one attached hydrogen (secondary N) is 1. The van der Waals surface area contributed by atoms with Crippen molar-refractivity contribution in [3.05, 3.63) is 59.4 Å². The Bertz CT molecular complexity index is 881. The third-order valence-corrected chi connectivity index (χ3v) is 4.57. The molecule has 0 aliphatic heterocycles. The van der Waals surface area contributed by atoms with Gasteiger partial charge in [-0.3, -0.25) is 4.79 Å². The molecule has 1 atom stereocenters. The number of para-hydroxylation sites is 3. The average molecular weight is 351 g/mol. The van der Waals surface area contributed by atoms with Crippen molar-refractivity contribution in [2.45, 2.75) is 39.8 Å². The van der Waals surface area contributed by atoms with E-state index in [9.17, 15) is 4.79 Å². The van der Waals surface area contributed by atoms with Crippen molar-refractivity contribution in [3.63, 3.8) is 0 Å². The van der Waals surface area contributed by atoms with Crippen LogP contribution >= 0.6 is 0 Å².